The number of amides is 1. The van der Waals surface area contributed by atoms with Crippen LogP contribution in [0.4, 0.5) is 0 Å². The van der Waals surface area contributed by atoms with E-state index in [0.29, 0.717) is 29.4 Å². The molecule has 2 aliphatic rings. The third-order valence-corrected chi connectivity index (χ3v) is 6.15. The lowest BCUT2D eigenvalue weighted by Crippen LogP contribution is -2.29. The number of hydrogen-bond donors (Lipinski definition) is 1. The van der Waals surface area contributed by atoms with E-state index in [1.54, 1.807) is 12.0 Å². The zero-order chi connectivity index (χ0) is 22.2. The summed E-state index contributed by atoms with van der Waals surface area (Å²) in [5.74, 6) is 1.37. The van der Waals surface area contributed by atoms with Crippen molar-refractivity contribution in [3.8, 4) is 17.2 Å². The van der Waals surface area contributed by atoms with Crippen LogP contribution in [-0.2, 0) is 11.3 Å². The highest BCUT2D eigenvalue weighted by molar-refractivity contribution is 9.10. The van der Waals surface area contributed by atoms with Crippen LogP contribution >= 0.6 is 15.9 Å². The zero-order valence-corrected chi connectivity index (χ0v) is 18.8. The van der Waals surface area contributed by atoms with Crippen LogP contribution in [0.25, 0.3) is 5.57 Å². The Labute approximate surface area is 193 Å². The van der Waals surface area contributed by atoms with Crippen LogP contribution in [-0.4, -0.2) is 29.8 Å². The number of methoxy groups -OCH3 is 1. The monoisotopic (exact) mass is 493 g/mol. The SMILES string of the molecule is COc1ccc(C2=C(O)C(=O)N(Cc3ccc4c(c3)OCO4)[C@@H]2c2cccc(Br)c2)cc1. The van der Waals surface area contributed by atoms with Gasteiger partial charge in [0.1, 0.15) is 5.75 Å². The molecule has 1 N–H and O–H groups in total. The molecular formula is C25H20BrNO5. The number of rotatable bonds is 5. The smallest absolute Gasteiger partial charge is 0.290 e. The summed E-state index contributed by atoms with van der Waals surface area (Å²) < 4.78 is 17.0. The van der Waals surface area contributed by atoms with E-state index in [1.807, 2.05) is 66.7 Å². The van der Waals surface area contributed by atoms with E-state index in [-0.39, 0.29) is 12.6 Å². The first-order chi connectivity index (χ1) is 15.5. The van der Waals surface area contributed by atoms with Gasteiger partial charge in [0.2, 0.25) is 6.79 Å². The molecule has 0 spiro atoms. The number of nitrogens with zero attached hydrogens (tertiary/aromatic N) is 1. The van der Waals surface area contributed by atoms with Crippen LogP contribution < -0.4 is 14.2 Å². The summed E-state index contributed by atoms with van der Waals surface area (Å²) >= 11 is 3.53. The molecular weight excluding hydrogens is 474 g/mol. The van der Waals surface area contributed by atoms with Gasteiger partial charge in [0.05, 0.1) is 13.2 Å². The summed E-state index contributed by atoms with van der Waals surface area (Å²) in [5.41, 5.74) is 3.10. The summed E-state index contributed by atoms with van der Waals surface area (Å²) in [5, 5.41) is 10.9. The number of halogens is 1. The Bertz CT molecular complexity index is 1220. The van der Waals surface area contributed by atoms with Crippen molar-refractivity contribution in [1.29, 1.82) is 0 Å². The van der Waals surface area contributed by atoms with E-state index in [9.17, 15) is 9.90 Å². The van der Waals surface area contributed by atoms with Gasteiger partial charge in [-0.15, -0.1) is 0 Å². The Morgan fingerprint density at radius 2 is 1.84 bits per heavy atom. The molecule has 162 valence electrons. The molecule has 1 atom stereocenters. The van der Waals surface area contributed by atoms with E-state index in [4.69, 9.17) is 14.2 Å². The van der Waals surface area contributed by atoms with E-state index in [0.717, 1.165) is 21.2 Å². The van der Waals surface area contributed by atoms with Crippen LogP contribution in [0, 0.1) is 0 Å². The topological polar surface area (TPSA) is 68.2 Å². The molecule has 32 heavy (non-hydrogen) atoms. The fraction of sp³-hybridized carbons (Fsp3) is 0.160. The van der Waals surface area contributed by atoms with Crippen molar-refractivity contribution in [2.75, 3.05) is 13.9 Å². The van der Waals surface area contributed by atoms with Gasteiger partial charge in [0.25, 0.3) is 5.91 Å². The Balaban J connectivity index is 1.57. The summed E-state index contributed by atoms with van der Waals surface area (Å²) in [4.78, 5) is 14.9. The standard InChI is InChI=1S/C25H20BrNO5/c1-30-19-8-6-16(7-9-19)22-23(17-3-2-4-18(26)12-17)27(25(29)24(22)28)13-15-5-10-20-21(11-15)32-14-31-20/h2-12,23,28H,13-14H2,1H3/t23-/m1/s1. The van der Waals surface area contributed by atoms with Crippen LogP contribution in [0.15, 0.2) is 77.0 Å². The maximum atomic E-state index is 13.2. The average molecular weight is 494 g/mol. The van der Waals surface area contributed by atoms with Gasteiger partial charge >= 0.3 is 0 Å². The van der Waals surface area contributed by atoms with Gasteiger partial charge in [0.15, 0.2) is 17.3 Å². The maximum Gasteiger partial charge on any atom is 0.290 e. The summed E-state index contributed by atoms with van der Waals surface area (Å²) in [6.45, 7) is 0.489. The predicted molar refractivity (Wildman–Crippen MR) is 123 cm³/mol. The third-order valence-electron chi connectivity index (χ3n) is 5.66. The summed E-state index contributed by atoms with van der Waals surface area (Å²) in [6.07, 6.45) is 0. The molecule has 0 fully saturated rings. The number of hydrogen-bond acceptors (Lipinski definition) is 5. The Kier molecular flexibility index (Phi) is 5.27. The summed E-state index contributed by atoms with van der Waals surface area (Å²) in [6, 6.07) is 20.3. The largest absolute Gasteiger partial charge is 0.503 e. The van der Waals surface area contributed by atoms with Crippen LogP contribution in [0.5, 0.6) is 17.2 Å². The minimum absolute atomic E-state index is 0.187. The first-order valence-corrected chi connectivity index (χ1v) is 10.9. The van der Waals surface area contributed by atoms with Gasteiger partial charge in [-0.25, -0.2) is 0 Å². The van der Waals surface area contributed by atoms with E-state index >= 15 is 0 Å². The first-order valence-electron chi connectivity index (χ1n) is 10.1. The number of carbonyl (C=O) groups excluding carboxylic acids is 1. The highest BCUT2D eigenvalue weighted by Gasteiger charge is 2.41. The molecule has 3 aromatic carbocycles. The van der Waals surface area contributed by atoms with Gasteiger partial charge in [-0.2, -0.15) is 0 Å². The minimum atomic E-state index is -0.459. The molecule has 0 aromatic heterocycles. The molecule has 5 rings (SSSR count). The van der Waals surface area contributed by atoms with Crippen molar-refractivity contribution in [2.45, 2.75) is 12.6 Å². The van der Waals surface area contributed by atoms with Crippen molar-refractivity contribution in [2.24, 2.45) is 0 Å². The molecule has 6 nitrogen and oxygen atoms in total. The molecule has 0 radical (unpaired) electrons. The molecule has 0 saturated carbocycles. The molecule has 0 saturated heterocycles. The second-order valence-corrected chi connectivity index (χ2v) is 8.48. The van der Waals surface area contributed by atoms with Crippen molar-refractivity contribution < 1.29 is 24.1 Å². The van der Waals surface area contributed by atoms with E-state index in [1.165, 1.54) is 0 Å². The normalized spacial score (nSPS) is 17.2. The van der Waals surface area contributed by atoms with E-state index < -0.39 is 11.9 Å². The number of aliphatic hydroxyl groups excluding tert-OH is 1. The first kappa shape index (κ1) is 20.5. The number of fused-ring (bicyclic) bond motifs is 1. The molecule has 1 amide bonds. The number of benzene rings is 3. The van der Waals surface area contributed by atoms with Crippen molar-refractivity contribution in [1.82, 2.24) is 4.90 Å². The van der Waals surface area contributed by atoms with E-state index in [2.05, 4.69) is 15.9 Å². The van der Waals surface area contributed by atoms with Gasteiger partial charge in [-0.05, 0) is 53.1 Å². The molecule has 7 heteroatoms. The highest BCUT2D eigenvalue weighted by atomic mass is 79.9. The highest BCUT2D eigenvalue weighted by Crippen LogP contribution is 2.45. The number of aliphatic hydroxyl groups is 1. The van der Waals surface area contributed by atoms with Crippen LogP contribution in [0.2, 0.25) is 0 Å². The molecule has 2 heterocycles. The fourth-order valence-electron chi connectivity index (χ4n) is 4.14. The van der Waals surface area contributed by atoms with Crippen molar-refractivity contribution in [3.05, 3.63) is 93.7 Å². The predicted octanol–water partition coefficient (Wildman–Crippen LogP) is 5.24. The maximum absolute atomic E-state index is 13.2. The summed E-state index contributed by atoms with van der Waals surface area (Å²) in [7, 11) is 1.60. The zero-order valence-electron chi connectivity index (χ0n) is 17.2. The quantitative estimate of drug-likeness (QED) is 0.526. The third kappa shape index (κ3) is 3.58. The molecule has 0 aliphatic carbocycles. The second kappa shape index (κ2) is 8.24. The van der Waals surface area contributed by atoms with Crippen molar-refractivity contribution >= 4 is 27.4 Å². The Morgan fingerprint density at radius 1 is 1.06 bits per heavy atom. The van der Waals surface area contributed by atoms with Crippen molar-refractivity contribution in [3.63, 3.8) is 0 Å². The molecule has 0 bridgehead atoms. The Morgan fingerprint density at radius 3 is 2.59 bits per heavy atom. The molecule has 3 aromatic rings. The van der Waals surface area contributed by atoms with Crippen LogP contribution in [0.1, 0.15) is 22.7 Å². The van der Waals surface area contributed by atoms with Gasteiger partial charge in [-0.3, -0.25) is 4.79 Å². The fourth-order valence-corrected chi connectivity index (χ4v) is 4.56. The second-order valence-electron chi connectivity index (χ2n) is 7.57. The number of carbonyl (C=O) groups is 1. The molecule has 0 unspecified atom stereocenters. The minimum Gasteiger partial charge on any atom is -0.503 e. The van der Waals surface area contributed by atoms with Crippen LogP contribution in [0.3, 0.4) is 0 Å². The molecule has 2 aliphatic heterocycles. The average Bonchev–Trinajstić information content (AvgIpc) is 3.37. The lowest BCUT2D eigenvalue weighted by Gasteiger charge is -2.28. The lowest BCUT2D eigenvalue weighted by molar-refractivity contribution is -0.130. The Hall–Kier alpha value is -3.45. The number of ether oxygens (including phenoxy) is 3. The van der Waals surface area contributed by atoms with Gasteiger partial charge in [0, 0.05) is 16.6 Å². The van der Waals surface area contributed by atoms with Gasteiger partial charge < -0.3 is 24.2 Å². The lowest BCUT2D eigenvalue weighted by atomic mass is 9.93. The van der Waals surface area contributed by atoms with Gasteiger partial charge in [-0.1, -0.05) is 46.3 Å².